The molecule has 0 saturated carbocycles. The number of aliphatic carboxylic acids is 1. The number of amides is 1. The number of anilines is 1. The normalized spacial score (nSPS) is 11.4. The van der Waals surface area contributed by atoms with Crippen LogP contribution in [0.4, 0.5) is 11.4 Å². The van der Waals surface area contributed by atoms with Gasteiger partial charge in [-0.1, -0.05) is 6.07 Å². The van der Waals surface area contributed by atoms with Crippen molar-refractivity contribution < 1.29 is 29.1 Å². The number of carbonyl (C=O) groups excluding carboxylic acids is 1. The van der Waals surface area contributed by atoms with Crippen molar-refractivity contribution in [3.8, 4) is 11.5 Å². The van der Waals surface area contributed by atoms with Crippen LogP contribution in [0.3, 0.4) is 0 Å². The van der Waals surface area contributed by atoms with E-state index in [1.54, 1.807) is 12.1 Å². The first kappa shape index (κ1) is 22.6. The van der Waals surface area contributed by atoms with E-state index in [-0.39, 0.29) is 12.1 Å². The Bertz CT molecular complexity index is 900. The summed E-state index contributed by atoms with van der Waals surface area (Å²) in [6, 6.07) is 9.62. The third kappa shape index (κ3) is 6.45. The van der Waals surface area contributed by atoms with Crippen molar-refractivity contribution in [3.05, 3.63) is 58.1 Å². The van der Waals surface area contributed by atoms with Gasteiger partial charge in [-0.05, 0) is 42.8 Å². The smallest absolute Gasteiger partial charge is 0.321 e. The second kappa shape index (κ2) is 10.8. The Morgan fingerprint density at radius 3 is 2.33 bits per heavy atom. The van der Waals surface area contributed by atoms with E-state index in [0.29, 0.717) is 30.2 Å². The summed E-state index contributed by atoms with van der Waals surface area (Å²) in [5.74, 6) is -0.496. The highest BCUT2D eigenvalue weighted by atomic mass is 16.6. The number of carbonyl (C=O) groups is 2. The first-order chi connectivity index (χ1) is 14.3. The van der Waals surface area contributed by atoms with E-state index in [1.165, 1.54) is 38.5 Å². The number of nitro groups is 1. The van der Waals surface area contributed by atoms with Crippen molar-refractivity contribution >= 4 is 23.3 Å². The Hall–Kier alpha value is -3.66. The van der Waals surface area contributed by atoms with Crippen LogP contribution in [0.1, 0.15) is 12.0 Å². The molecule has 2 aromatic rings. The van der Waals surface area contributed by atoms with Crippen LogP contribution in [-0.2, 0) is 16.0 Å². The molecule has 0 aliphatic rings. The van der Waals surface area contributed by atoms with Gasteiger partial charge in [-0.15, -0.1) is 0 Å². The highest BCUT2D eigenvalue weighted by Gasteiger charge is 2.21. The monoisotopic (exact) mass is 417 g/mol. The van der Waals surface area contributed by atoms with E-state index in [0.717, 1.165) is 5.56 Å². The quantitative estimate of drug-likeness (QED) is 0.373. The molecule has 3 N–H and O–H groups in total. The molecule has 2 rings (SSSR count). The number of nitro benzene ring substituents is 1. The van der Waals surface area contributed by atoms with Gasteiger partial charge in [0.25, 0.3) is 5.69 Å². The second-order valence-electron chi connectivity index (χ2n) is 6.34. The highest BCUT2D eigenvalue weighted by molar-refractivity contribution is 5.94. The molecule has 0 spiro atoms. The molecular formula is C20H23N3O7. The third-order valence-corrected chi connectivity index (χ3v) is 4.30. The summed E-state index contributed by atoms with van der Waals surface area (Å²) in [4.78, 5) is 33.7. The van der Waals surface area contributed by atoms with Gasteiger partial charge in [-0.3, -0.25) is 19.7 Å². The Morgan fingerprint density at radius 2 is 1.77 bits per heavy atom. The Morgan fingerprint density at radius 1 is 1.10 bits per heavy atom. The fourth-order valence-electron chi connectivity index (χ4n) is 2.74. The minimum Gasteiger partial charge on any atom is -0.493 e. The molecule has 0 aromatic heterocycles. The number of nitrogens with one attached hydrogen (secondary N) is 2. The van der Waals surface area contributed by atoms with Crippen molar-refractivity contribution in [1.82, 2.24) is 5.32 Å². The lowest BCUT2D eigenvalue weighted by atomic mass is 10.1. The van der Waals surface area contributed by atoms with Crippen LogP contribution in [0.15, 0.2) is 42.5 Å². The molecule has 1 amide bonds. The van der Waals surface area contributed by atoms with Crippen molar-refractivity contribution in [2.24, 2.45) is 0 Å². The molecule has 2 aromatic carbocycles. The van der Waals surface area contributed by atoms with Gasteiger partial charge in [-0.25, -0.2) is 0 Å². The topological polar surface area (TPSA) is 140 Å². The molecule has 160 valence electrons. The van der Waals surface area contributed by atoms with Crippen LogP contribution in [0.25, 0.3) is 0 Å². The van der Waals surface area contributed by atoms with Gasteiger partial charge in [0.1, 0.15) is 6.04 Å². The largest absolute Gasteiger partial charge is 0.493 e. The predicted octanol–water partition coefficient (Wildman–Crippen LogP) is 2.23. The fourth-order valence-corrected chi connectivity index (χ4v) is 2.74. The predicted molar refractivity (Wildman–Crippen MR) is 109 cm³/mol. The van der Waals surface area contributed by atoms with Crippen LogP contribution < -0.4 is 20.1 Å². The minimum atomic E-state index is -1.15. The summed E-state index contributed by atoms with van der Waals surface area (Å²) in [6.45, 7) is 0.331. The van der Waals surface area contributed by atoms with Gasteiger partial charge >= 0.3 is 5.97 Å². The number of benzene rings is 2. The summed E-state index contributed by atoms with van der Waals surface area (Å²) >= 11 is 0. The molecule has 0 saturated heterocycles. The zero-order valence-corrected chi connectivity index (χ0v) is 16.6. The molecule has 0 fully saturated rings. The molecule has 1 atom stereocenters. The highest BCUT2D eigenvalue weighted by Crippen LogP contribution is 2.27. The van der Waals surface area contributed by atoms with Crippen LogP contribution in [0.5, 0.6) is 11.5 Å². The number of carboxylic acid groups (broad SMARTS) is 1. The van der Waals surface area contributed by atoms with Crippen molar-refractivity contribution in [1.29, 1.82) is 0 Å². The summed E-state index contributed by atoms with van der Waals surface area (Å²) in [6.07, 6.45) is 0.229. The van der Waals surface area contributed by atoms with Gasteiger partial charge < -0.3 is 25.2 Å². The van der Waals surface area contributed by atoms with Crippen LogP contribution in [0, 0.1) is 10.1 Å². The summed E-state index contributed by atoms with van der Waals surface area (Å²) in [5, 5.41) is 25.4. The maximum atomic E-state index is 12.2. The summed E-state index contributed by atoms with van der Waals surface area (Å²) in [5.41, 5.74) is 1.16. The van der Waals surface area contributed by atoms with Gasteiger partial charge in [0.05, 0.1) is 25.6 Å². The number of hydrogen-bond donors (Lipinski definition) is 3. The molecule has 0 radical (unpaired) electrons. The van der Waals surface area contributed by atoms with Gasteiger partial charge in [-0.2, -0.15) is 0 Å². The number of rotatable bonds is 11. The molecule has 1 unspecified atom stereocenters. The zero-order chi connectivity index (χ0) is 22.1. The van der Waals surface area contributed by atoms with E-state index < -0.39 is 22.8 Å². The van der Waals surface area contributed by atoms with Gasteiger partial charge in [0.15, 0.2) is 11.5 Å². The van der Waals surface area contributed by atoms with E-state index in [4.69, 9.17) is 9.47 Å². The van der Waals surface area contributed by atoms with Crippen LogP contribution in [-0.4, -0.2) is 48.7 Å². The van der Waals surface area contributed by atoms with E-state index in [1.807, 2.05) is 6.07 Å². The van der Waals surface area contributed by atoms with Crippen LogP contribution >= 0.6 is 0 Å². The molecule has 30 heavy (non-hydrogen) atoms. The zero-order valence-electron chi connectivity index (χ0n) is 16.6. The first-order valence-corrected chi connectivity index (χ1v) is 9.05. The Balaban J connectivity index is 1.89. The molecule has 0 aliphatic heterocycles. The molecular weight excluding hydrogens is 394 g/mol. The minimum absolute atomic E-state index is 0.103. The fraction of sp³-hybridized carbons (Fsp3) is 0.300. The molecule has 10 nitrogen and oxygen atoms in total. The van der Waals surface area contributed by atoms with Crippen molar-refractivity contribution in [3.63, 3.8) is 0 Å². The third-order valence-electron chi connectivity index (χ3n) is 4.30. The first-order valence-electron chi connectivity index (χ1n) is 9.05. The summed E-state index contributed by atoms with van der Waals surface area (Å²) in [7, 11) is 3.07. The maximum Gasteiger partial charge on any atom is 0.321 e. The number of nitrogens with zero attached hydrogens (tertiary/aromatic N) is 1. The SMILES string of the molecule is COc1ccc(CCNC(CC(=O)Nc2ccc([N+](=O)[O-])cc2)C(=O)O)cc1OC. The number of hydrogen-bond acceptors (Lipinski definition) is 7. The lowest BCUT2D eigenvalue weighted by Gasteiger charge is -2.15. The van der Waals surface area contributed by atoms with Crippen molar-refractivity contribution in [2.45, 2.75) is 18.9 Å². The van der Waals surface area contributed by atoms with Gasteiger partial charge in [0, 0.05) is 17.8 Å². The van der Waals surface area contributed by atoms with E-state index >= 15 is 0 Å². The number of ether oxygens (including phenoxy) is 2. The lowest BCUT2D eigenvalue weighted by molar-refractivity contribution is -0.384. The average molecular weight is 417 g/mol. The van der Waals surface area contributed by atoms with E-state index in [9.17, 15) is 24.8 Å². The van der Waals surface area contributed by atoms with Crippen molar-refractivity contribution in [2.75, 3.05) is 26.1 Å². The molecule has 0 heterocycles. The van der Waals surface area contributed by atoms with E-state index in [2.05, 4.69) is 10.6 Å². The number of non-ortho nitro benzene ring substituents is 1. The maximum absolute atomic E-state index is 12.2. The molecule has 10 heteroatoms. The number of carboxylic acids is 1. The standard InChI is InChI=1S/C20H23N3O7/c1-29-17-8-3-13(11-18(17)30-2)9-10-21-16(20(25)26)12-19(24)22-14-4-6-15(7-5-14)23(27)28/h3-8,11,16,21H,9-10,12H2,1-2H3,(H,22,24)(H,25,26). The average Bonchev–Trinajstić information content (AvgIpc) is 2.73. The second-order valence-corrected chi connectivity index (χ2v) is 6.34. The summed E-state index contributed by atoms with van der Waals surface area (Å²) < 4.78 is 10.4. The lowest BCUT2D eigenvalue weighted by Crippen LogP contribution is -2.40. The Labute approximate surface area is 173 Å². The van der Waals surface area contributed by atoms with Crippen LogP contribution in [0.2, 0.25) is 0 Å². The molecule has 0 bridgehead atoms. The molecule has 0 aliphatic carbocycles. The Kier molecular flexibility index (Phi) is 8.12. The van der Waals surface area contributed by atoms with Gasteiger partial charge in [0.2, 0.25) is 5.91 Å². The number of methoxy groups -OCH3 is 2.